The Labute approximate surface area is 252 Å². The molecule has 42 heavy (non-hydrogen) atoms. The summed E-state index contributed by atoms with van der Waals surface area (Å²) in [7, 11) is -3.56. The van der Waals surface area contributed by atoms with Crippen LogP contribution in [0.25, 0.3) is 0 Å². The highest BCUT2D eigenvalue weighted by molar-refractivity contribution is 7.89. The van der Waals surface area contributed by atoms with E-state index in [0.717, 1.165) is 16.7 Å². The largest absolute Gasteiger partial charge is 0.350 e. The van der Waals surface area contributed by atoms with Crippen molar-refractivity contribution in [3.8, 4) is 0 Å². The van der Waals surface area contributed by atoms with E-state index in [-0.39, 0.29) is 36.2 Å². The first-order valence-electron chi connectivity index (χ1n) is 13.8. The number of hydrogen-bond donors (Lipinski definition) is 2. The normalized spacial score (nSPS) is 12.0. The van der Waals surface area contributed by atoms with E-state index >= 15 is 0 Å². The van der Waals surface area contributed by atoms with Gasteiger partial charge in [-0.1, -0.05) is 110 Å². The molecule has 0 spiro atoms. The van der Waals surface area contributed by atoms with Crippen LogP contribution in [0, 0.1) is 0 Å². The van der Waals surface area contributed by atoms with Crippen molar-refractivity contribution in [2.75, 3.05) is 6.54 Å². The summed E-state index contributed by atoms with van der Waals surface area (Å²) in [6.45, 7) is 2.47. The molecule has 2 amide bonds. The Bertz CT molecular complexity index is 1580. The quantitative estimate of drug-likeness (QED) is 0.206. The highest BCUT2D eigenvalue weighted by Crippen LogP contribution is 2.26. The summed E-state index contributed by atoms with van der Waals surface area (Å²) in [5.74, 6) is -0.520. The first kappa shape index (κ1) is 31.0. The van der Waals surface area contributed by atoms with Crippen molar-refractivity contribution in [2.45, 2.75) is 43.8 Å². The molecule has 0 heterocycles. The lowest BCUT2D eigenvalue weighted by Gasteiger charge is -2.32. The number of aryl methyl sites for hydroxylation is 1. The maximum absolute atomic E-state index is 13.9. The minimum absolute atomic E-state index is 0.132. The van der Waals surface area contributed by atoms with Gasteiger partial charge in [-0.3, -0.25) is 9.59 Å². The Morgan fingerprint density at radius 1 is 0.810 bits per heavy atom. The molecular formula is C33H34ClN3O4S. The van der Waals surface area contributed by atoms with Crippen molar-refractivity contribution in [1.82, 2.24) is 14.9 Å². The van der Waals surface area contributed by atoms with Crippen LogP contribution in [-0.4, -0.2) is 31.7 Å². The van der Waals surface area contributed by atoms with E-state index in [0.29, 0.717) is 23.6 Å². The molecule has 4 rings (SSSR count). The Morgan fingerprint density at radius 3 is 2.07 bits per heavy atom. The number of nitrogens with one attached hydrogen (secondary N) is 2. The van der Waals surface area contributed by atoms with E-state index in [9.17, 15) is 18.0 Å². The second-order valence-electron chi connectivity index (χ2n) is 9.77. The lowest BCUT2D eigenvalue weighted by atomic mass is 10.0. The summed E-state index contributed by atoms with van der Waals surface area (Å²) >= 11 is 6.32. The van der Waals surface area contributed by atoms with Gasteiger partial charge >= 0.3 is 0 Å². The minimum atomic E-state index is -3.56. The predicted octanol–water partition coefficient (Wildman–Crippen LogP) is 5.66. The SMILES string of the molecule is CCNS(=O)(=O)c1ccc(CCC(=O)N(Cc2ccccc2)C(C(=O)NCc2ccccc2Cl)c2ccccc2)cc1. The summed E-state index contributed by atoms with van der Waals surface area (Å²) in [4.78, 5) is 29.5. The molecule has 7 nitrogen and oxygen atoms in total. The monoisotopic (exact) mass is 603 g/mol. The van der Waals surface area contributed by atoms with Crippen molar-refractivity contribution in [1.29, 1.82) is 0 Å². The molecule has 0 radical (unpaired) electrons. The van der Waals surface area contributed by atoms with Gasteiger partial charge in [-0.05, 0) is 46.9 Å². The van der Waals surface area contributed by atoms with Crippen molar-refractivity contribution in [2.24, 2.45) is 0 Å². The van der Waals surface area contributed by atoms with Crippen LogP contribution in [0.4, 0.5) is 0 Å². The van der Waals surface area contributed by atoms with Gasteiger partial charge in [-0.25, -0.2) is 13.1 Å². The lowest BCUT2D eigenvalue weighted by molar-refractivity contribution is -0.141. The van der Waals surface area contributed by atoms with Gasteiger partial charge < -0.3 is 10.2 Å². The van der Waals surface area contributed by atoms with E-state index < -0.39 is 16.1 Å². The van der Waals surface area contributed by atoms with Crippen LogP contribution in [0.5, 0.6) is 0 Å². The van der Waals surface area contributed by atoms with Gasteiger partial charge in [-0.15, -0.1) is 0 Å². The molecule has 0 aliphatic carbocycles. The zero-order chi connectivity index (χ0) is 30.0. The van der Waals surface area contributed by atoms with Crippen LogP contribution in [0.15, 0.2) is 114 Å². The van der Waals surface area contributed by atoms with E-state index in [1.54, 1.807) is 30.0 Å². The van der Waals surface area contributed by atoms with Crippen LogP contribution in [0.2, 0.25) is 5.02 Å². The highest BCUT2D eigenvalue weighted by Gasteiger charge is 2.31. The van der Waals surface area contributed by atoms with E-state index in [1.165, 1.54) is 12.1 Å². The van der Waals surface area contributed by atoms with Crippen molar-refractivity contribution in [3.05, 3.63) is 136 Å². The number of hydrogen-bond acceptors (Lipinski definition) is 4. The fourth-order valence-electron chi connectivity index (χ4n) is 4.64. The van der Waals surface area contributed by atoms with Crippen molar-refractivity contribution in [3.63, 3.8) is 0 Å². The molecule has 1 atom stereocenters. The van der Waals surface area contributed by atoms with Gasteiger partial charge in [0.25, 0.3) is 0 Å². The summed E-state index contributed by atoms with van der Waals surface area (Å²) in [5, 5.41) is 3.54. The number of sulfonamides is 1. The first-order valence-corrected chi connectivity index (χ1v) is 15.6. The number of nitrogens with zero attached hydrogens (tertiary/aromatic N) is 1. The van der Waals surface area contributed by atoms with E-state index in [2.05, 4.69) is 10.0 Å². The molecule has 0 aromatic heterocycles. The third kappa shape index (κ3) is 8.28. The van der Waals surface area contributed by atoms with Crippen molar-refractivity contribution >= 4 is 33.4 Å². The first-order chi connectivity index (χ1) is 20.3. The predicted molar refractivity (Wildman–Crippen MR) is 165 cm³/mol. The van der Waals surface area contributed by atoms with Gasteiger partial charge in [0.05, 0.1) is 4.90 Å². The fourth-order valence-corrected chi connectivity index (χ4v) is 5.88. The van der Waals surface area contributed by atoms with Gasteiger partial charge in [0.2, 0.25) is 21.8 Å². The van der Waals surface area contributed by atoms with Crippen LogP contribution in [-0.2, 0) is 39.1 Å². The Morgan fingerprint density at radius 2 is 1.43 bits per heavy atom. The molecule has 1 unspecified atom stereocenters. The van der Waals surface area contributed by atoms with Gasteiger partial charge in [0, 0.05) is 31.1 Å². The average molecular weight is 604 g/mol. The second-order valence-corrected chi connectivity index (χ2v) is 11.9. The molecule has 0 aliphatic heterocycles. The molecule has 0 saturated heterocycles. The van der Waals surface area contributed by atoms with E-state index in [1.807, 2.05) is 78.9 Å². The zero-order valence-corrected chi connectivity index (χ0v) is 24.9. The number of carbonyl (C=O) groups excluding carboxylic acids is 2. The molecule has 9 heteroatoms. The van der Waals surface area contributed by atoms with E-state index in [4.69, 9.17) is 11.6 Å². The second kappa shape index (κ2) is 14.8. The lowest BCUT2D eigenvalue weighted by Crippen LogP contribution is -2.43. The van der Waals surface area contributed by atoms with Crippen LogP contribution >= 0.6 is 11.6 Å². The smallest absolute Gasteiger partial charge is 0.247 e. The Hall–Kier alpha value is -3.98. The molecule has 0 aliphatic rings. The molecule has 4 aromatic carbocycles. The zero-order valence-electron chi connectivity index (χ0n) is 23.4. The number of rotatable bonds is 13. The third-order valence-corrected chi connectivity index (χ3v) is 8.73. The Kier molecular flexibility index (Phi) is 10.9. The minimum Gasteiger partial charge on any atom is -0.350 e. The summed E-state index contributed by atoms with van der Waals surface area (Å²) in [6.07, 6.45) is 0.516. The number of carbonyl (C=O) groups is 2. The number of benzene rings is 4. The Balaban J connectivity index is 1.59. The van der Waals surface area contributed by atoms with Crippen LogP contribution in [0.3, 0.4) is 0 Å². The standard InChI is InChI=1S/C33H34ClN3O4S/c1-2-36-42(40,41)29-20-17-25(18-21-29)19-22-31(38)37(24-26-11-5-3-6-12-26)32(27-13-7-4-8-14-27)33(39)35-23-28-15-9-10-16-30(28)34/h3-18,20-21,32,36H,2,19,22-24H2,1H3,(H,35,39). The van der Waals surface area contributed by atoms with Gasteiger partial charge in [0.1, 0.15) is 6.04 Å². The average Bonchev–Trinajstić information content (AvgIpc) is 3.00. The fraction of sp³-hybridized carbons (Fsp3) is 0.212. The van der Waals surface area contributed by atoms with Crippen LogP contribution in [0.1, 0.15) is 41.6 Å². The summed E-state index contributed by atoms with van der Waals surface area (Å²) < 4.78 is 27.1. The molecular weight excluding hydrogens is 570 g/mol. The molecule has 0 bridgehead atoms. The van der Waals surface area contributed by atoms with Gasteiger partial charge in [0.15, 0.2) is 0 Å². The molecule has 2 N–H and O–H groups in total. The van der Waals surface area contributed by atoms with Crippen molar-refractivity contribution < 1.29 is 18.0 Å². The maximum Gasteiger partial charge on any atom is 0.247 e. The summed E-state index contributed by atoms with van der Waals surface area (Å²) in [5.41, 5.74) is 3.18. The highest BCUT2D eigenvalue weighted by atomic mass is 35.5. The molecule has 4 aromatic rings. The maximum atomic E-state index is 13.9. The number of halogens is 1. The topological polar surface area (TPSA) is 95.6 Å². The molecule has 0 saturated carbocycles. The van der Waals surface area contributed by atoms with Crippen LogP contribution < -0.4 is 10.0 Å². The third-order valence-electron chi connectivity index (χ3n) is 6.80. The number of amides is 2. The summed E-state index contributed by atoms with van der Waals surface area (Å²) in [6, 6.07) is 31.7. The van der Waals surface area contributed by atoms with Gasteiger partial charge in [-0.2, -0.15) is 0 Å². The molecule has 218 valence electrons. The molecule has 0 fully saturated rings.